The molecule has 3 nitrogen and oxygen atoms in total. The summed E-state index contributed by atoms with van der Waals surface area (Å²) in [5.41, 5.74) is 1.24. The number of rotatable bonds is 8. The van der Waals surface area contributed by atoms with Crippen LogP contribution >= 0.6 is 15.9 Å². The maximum Gasteiger partial charge on any atom is 0.123 e. The number of ether oxygens (including phenoxy) is 1. The number of aliphatic hydroxyl groups excluding tert-OH is 1. The summed E-state index contributed by atoms with van der Waals surface area (Å²) in [6.45, 7) is 3.52. The van der Waals surface area contributed by atoms with Gasteiger partial charge in [0.25, 0.3) is 0 Å². The van der Waals surface area contributed by atoms with Gasteiger partial charge in [0.15, 0.2) is 0 Å². The highest BCUT2D eigenvalue weighted by molar-refractivity contribution is 9.10. The minimum Gasteiger partial charge on any atom is -0.491 e. The van der Waals surface area contributed by atoms with Crippen LogP contribution in [0.25, 0.3) is 0 Å². The molecule has 0 spiro atoms. The summed E-state index contributed by atoms with van der Waals surface area (Å²) in [6.07, 6.45) is -0.616. The zero-order chi connectivity index (χ0) is 16.7. The van der Waals surface area contributed by atoms with E-state index in [1.165, 1.54) is 17.7 Å². The van der Waals surface area contributed by atoms with Crippen LogP contribution in [0.15, 0.2) is 53.0 Å². The largest absolute Gasteiger partial charge is 0.491 e. The van der Waals surface area contributed by atoms with Crippen LogP contribution in [-0.4, -0.2) is 30.9 Å². The van der Waals surface area contributed by atoms with Gasteiger partial charge >= 0.3 is 0 Å². The molecule has 0 aromatic heterocycles. The van der Waals surface area contributed by atoms with Gasteiger partial charge in [-0.2, -0.15) is 0 Å². The smallest absolute Gasteiger partial charge is 0.123 e. The molecule has 2 aromatic rings. The van der Waals surface area contributed by atoms with E-state index in [-0.39, 0.29) is 12.4 Å². The summed E-state index contributed by atoms with van der Waals surface area (Å²) in [4.78, 5) is 0. The van der Waals surface area contributed by atoms with Crippen molar-refractivity contribution in [1.82, 2.24) is 5.32 Å². The van der Waals surface area contributed by atoms with E-state index in [1.54, 1.807) is 12.1 Å². The van der Waals surface area contributed by atoms with Crippen LogP contribution in [0.2, 0.25) is 0 Å². The van der Waals surface area contributed by atoms with Gasteiger partial charge < -0.3 is 15.2 Å². The Morgan fingerprint density at radius 3 is 2.61 bits per heavy atom. The van der Waals surface area contributed by atoms with Gasteiger partial charge in [-0.3, -0.25) is 0 Å². The van der Waals surface area contributed by atoms with Gasteiger partial charge in [0.2, 0.25) is 0 Å². The predicted octanol–water partition coefficient (Wildman–Crippen LogP) is 3.72. The Bertz CT molecular complexity index is 606. The number of halogens is 2. The van der Waals surface area contributed by atoms with Gasteiger partial charge in [0, 0.05) is 17.6 Å². The first-order chi connectivity index (χ1) is 11.0. The molecular formula is C18H21BrFNO2. The van der Waals surface area contributed by atoms with Gasteiger partial charge in [-0.1, -0.05) is 35.0 Å². The molecule has 0 bridgehead atoms. The lowest BCUT2D eigenvalue weighted by molar-refractivity contribution is 0.106. The average Bonchev–Trinajstić information content (AvgIpc) is 2.54. The Balaban J connectivity index is 1.68. The van der Waals surface area contributed by atoms with E-state index in [1.807, 2.05) is 12.1 Å². The average molecular weight is 382 g/mol. The molecule has 0 unspecified atom stereocenters. The van der Waals surface area contributed by atoms with Crippen LogP contribution in [0, 0.1) is 5.82 Å². The summed E-state index contributed by atoms with van der Waals surface area (Å²) in [5.74, 6) is 0.590. The molecular weight excluding hydrogens is 361 g/mol. The van der Waals surface area contributed by atoms with E-state index in [4.69, 9.17) is 4.74 Å². The Morgan fingerprint density at radius 2 is 1.91 bits per heavy atom. The standard InChI is InChI=1S/C18H21BrFNO2/c1-13(14-3-2-4-15(19)9-14)10-21-11-17(22)12-23-18-7-5-16(20)6-8-18/h2-9,13,17,21-22H,10-12H2,1H3/t13-,17+/m0/s1. The molecule has 0 saturated heterocycles. The first-order valence-electron chi connectivity index (χ1n) is 7.57. The first kappa shape index (κ1) is 17.9. The summed E-state index contributed by atoms with van der Waals surface area (Å²) in [5, 5.41) is 13.2. The molecule has 0 heterocycles. The topological polar surface area (TPSA) is 41.5 Å². The highest BCUT2D eigenvalue weighted by Crippen LogP contribution is 2.19. The van der Waals surface area contributed by atoms with Crippen LogP contribution in [0.5, 0.6) is 5.75 Å². The van der Waals surface area contributed by atoms with E-state index < -0.39 is 6.10 Å². The maximum atomic E-state index is 12.8. The number of aliphatic hydroxyl groups is 1. The van der Waals surface area contributed by atoms with Crippen LogP contribution in [0.1, 0.15) is 18.4 Å². The van der Waals surface area contributed by atoms with Crippen molar-refractivity contribution < 1.29 is 14.2 Å². The highest BCUT2D eigenvalue weighted by atomic mass is 79.9. The maximum absolute atomic E-state index is 12.8. The lowest BCUT2D eigenvalue weighted by Crippen LogP contribution is -2.33. The number of hydrogen-bond acceptors (Lipinski definition) is 3. The van der Waals surface area contributed by atoms with Gasteiger partial charge in [0.05, 0.1) is 0 Å². The third kappa shape index (κ3) is 6.29. The first-order valence-corrected chi connectivity index (χ1v) is 8.36. The molecule has 2 aromatic carbocycles. The van der Waals surface area contributed by atoms with Crippen molar-refractivity contribution in [1.29, 1.82) is 0 Å². The molecule has 2 N–H and O–H groups in total. The number of nitrogens with one attached hydrogen (secondary N) is 1. The minimum atomic E-state index is -0.616. The minimum absolute atomic E-state index is 0.171. The van der Waals surface area contributed by atoms with E-state index in [9.17, 15) is 9.50 Å². The number of benzene rings is 2. The van der Waals surface area contributed by atoms with E-state index in [0.717, 1.165) is 11.0 Å². The number of hydrogen-bond donors (Lipinski definition) is 2. The van der Waals surface area contributed by atoms with Crippen LogP contribution in [0.4, 0.5) is 4.39 Å². The second-order valence-electron chi connectivity index (χ2n) is 5.53. The van der Waals surface area contributed by atoms with Crippen molar-refractivity contribution in [3.8, 4) is 5.75 Å². The molecule has 0 aliphatic carbocycles. The lowest BCUT2D eigenvalue weighted by atomic mass is 10.0. The molecule has 2 rings (SSSR count). The second kappa shape index (κ2) is 9.01. The highest BCUT2D eigenvalue weighted by Gasteiger charge is 2.09. The fraction of sp³-hybridized carbons (Fsp3) is 0.333. The molecule has 124 valence electrons. The van der Waals surface area contributed by atoms with Crippen LogP contribution in [-0.2, 0) is 0 Å². The van der Waals surface area contributed by atoms with E-state index in [0.29, 0.717) is 18.2 Å². The Morgan fingerprint density at radius 1 is 1.17 bits per heavy atom. The van der Waals surface area contributed by atoms with E-state index in [2.05, 4.69) is 40.3 Å². The van der Waals surface area contributed by atoms with E-state index >= 15 is 0 Å². The molecule has 23 heavy (non-hydrogen) atoms. The van der Waals surface area contributed by atoms with Crippen molar-refractivity contribution in [2.75, 3.05) is 19.7 Å². The molecule has 0 saturated carbocycles. The molecule has 5 heteroatoms. The molecule has 0 aliphatic heterocycles. The molecule has 0 aliphatic rings. The van der Waals surface area contributed by atoms with Gasteiger partial charge in [-0.25, -0.2) is 4.39 Å². The summed E-state index contributed by atoms with van der Waals surface area (Å²) < 4.78 is 19.3. The third-order valence-electron chi connectivity index (χ3n) is 3.50. The molecule has 0 amide bonds. The fourth-order valence-electron chi connectivity index (χ4n) is 2.18. The summed E-state index contributed by atoms with van der Waals surface area (Å²) in [7, 11) is 0. The molecule has 0 fully saturated rings. The predicted molar refractivity (Wildman–Crippen MR) is 93.3 cm³/mol. The monoisotopic (exact) mass is 381 g/mol. The normalized spacial score (nSPS) is 13.6. The SMILES string of the molecule is C[C@@H](CNC[C@@H](O)COc1ccc(F)cc1)c1cccc(Br)c1. The molecule has 2 atom stereocenters. The van der Waals surface area contributed by atoms with Crippen LogP contribution in [0.3, 0.4) is 0 Å². The Hall–Kier alpha value is -1.43. The van der Waals surface area contributed by atoms with Crippen molar-refractivity contribution in [2.45, 2.75) is 18.9 Å². The second-order valence-corrected chi connectivity index (χ2v) is 6.45. The lowest BCUT2D eigenvalue weighted by Gasteiger charge is -2.16. The van der Waals surface area contributed by atoms with Gasteiger partial charge in [-0.05, 0) is 47.9 Å². The van der Waals surface area contributed by atoms with Crippen molar-refractivity contribution >= 4 is 15.9 Å². The fourth-order valence-corrected chi connectivity index (χ4v) is 2.60. The van der Waals surface area contributed by atoms with Crippen molar-refractivity contribution in [2.24, 2.45) is 0 Å². The van der Waals surface area contributed by atoms with Gasteiger partial charge in [-0.15, -0.1) is 0 Å². The zero-order valence-electron chi connectivity index (χ0n) is 13.0. The zero-order valence-corrected chi connectivity index (χ0v) is 14.6. The van der Waals surface area contributed by atoms with Crippen LogP contribution < -0.4 is 10.1 Å². The van der Waals surface area contributed by atoms with Crippen molar-refractivity contribution in [3.05, 3.63) is 64.4 Å². The summed E-state index contributed by atoms with van der Waals surface area (Å²) >= 11 is 3.47. The Labute approximate surface area is 144 Å². The summed E-state index contributed by atoms with van der Waals surface area (Å²) in [6, 6.07) is 14.0. The van der Waals surface area contributed by atoms with Gasteiger partial charge in [0.1, 0.15) is 24.3 Å². The third-order valence-corrected chi connectivity index (χ3v) is 4.00. The molecule has 0 radical (unpaired) electrons. The van der Waals surface area contributed by atoms with Crippen molar-refractivity contribution in [3.63, 3.8) is 0 Å². The Kier molecular flexibility index (Phi) is 7.02. The quantitative estimate of drug-likeness (QED) is 0.731.